The van der Waals surface area contributed by atoms with Crippen LogP contribution in [0.25, 0.3) is 0 Å². The van der Waals surface area contributed by atoms with Crippen LogP contribution in [0.15, 0.2) is 0 Å². The average Bonchev–Trinajstić information content (AvgIpc) is 1.98. The first kappa shape index (κ1) is 12.6. The van der Waals surface area contributed by atoms with Crippen molar-refractivity contribution in [2.24, 2.45) is 0 Å². The molecule has 7 heteroatoms. The van der Waals surface area contributed by atoms with Crippen LogP contribution >= 0.6 is 11.8 Å². The Kier molecular flexibility index (Phi) is 5.89. The maximum atomic E-state index is 11.6. The van der Waals surface area contributed by atoms with Gasteiger partial charge in [0.15, 0.2) is 0 Å². The predicted octanol–water partition coefficient (Wildman–Crippen LogP) is 0.390. The molecule has 0 fully saturated rings. The summed E-state index contributed by atoms with van der Waals surface area (Å²) in [4.78, 5) is 10.7. The number of aliphatic hydroxyl groups excluding tert-OH is 1. The lowest BCUT2D eigenvalue weighted by Crippen LogP contribution is -2.28. The number of hydrogen-bond acceptors (Lipinski definition) is 3. The minimum Gasteiger partial charge on any atom is -0.395 e. The molecule has 0 saturated heterocycles. The summed E-state index contributed by atoms with van der Waals surface area (Å²) in [5, 5.41) is 10.5. The first-order valence-electron chi connectivity index (χ1n) is 3.48. The first-order valence-corrected chi connectivity index (χ1v) is 4.63. The minimum atomic E-state index is -4.23. The molecule has 0 radical (unpaired) electrons. The third kappa shape index (κ3) is 9.48. The summed E-state index contributed by atoms with van der Waals surface area (Å²) in [6.45, 7) is -0.138. The van der Waals surface area contributed by atoms with Crippen LogP contribution in [0.5, 0.6) is 0 Å². The van der Waals surface area contributed by atoms with Gasteiger partial charge in [-0.3, -0.25) is 4.79 Å². The Morgan fingerprint density at radius 3 is 2.54 bits per heavy atom. The Balaban J connectivity index is 3.37. The molecule has 2 N–H and O–H groups in total. The van der Waals surface area contributed by atoms with Crippen LogP contribution in [0.2, 0.25) is 0 Å². The van der Waals surface area contributed by atoms with E-state index in [2.05, 4.69) is 5.32 Å². The van der Waals surface area contributed by atoms with Gasteiger partial charge in [-0.1, -0.05) is 0 Å². The lowest BCUT2D eigenvalue weighted by molar-refractivity contribution is -0.118. The molecule has 0 aliphatic rings. The molecule has 0 atom stereocenters. The highest BCUT2D eigenvalue weighted by molar-refractivity contribution is 8.00. The van der Waals surface area contributed by atoms with Crippen LogP contribution in [0, 0.1) is 0 Å². The van der Waals surface area contributed by atoms with E-state index in [0.29, 0.717) is 11.8 Å². The highest BCUT2D eigenvalue weighted by Gasteiger charge is 2.27. The number of nitrogens with one attached hydrogen (secondary N) is 1. The van der Waals surface area contributed by atoms with Gasteiger partial charge < -0.3 is 10.4 Å². The number of alkyl halides is 3. The van der Waals surface area contributed by atoms with Crippen molar-refractivity contribution >= 4 is 17.7 Å². The van der Waals surface area contributed by atoms with E-state index in [4.69, 9.17) is 5.11 Å². The molecular weight excluding hydrogens is 207 g/mol. The van der Waals surface area contributed by atoms with E-state index in [1.165, 1.54) is 0 Å². The van der Waals surface area contributed by atoms with Crippen LogP contribution in [-0.4, -0.2) is 41.8 Å². The number of aliphatic hydroxyl groups is 1. The van der Waals surface area contributed by atoms with Gasteiger partial charge in [0.05, 0.1) is 18.1 Å². The number of thioether (sulfide) groups is 1. The van der Waals surface area contributed by atoms with Gasteiger partial charge in [-0.25, -0.2) is 0 Å². The molecule has 0 heterocycles. The van der Waals surface area contributed by atoms with E-state index in [0.717, 1.165) is 0 Å². The SMILES string of the molecule is O=C(CSCC(F)(F)F)NCCO. The summed E-state index contributed by atoms with van der Waals surface area (Å²) >= 11 is 0.500. The Labute approximate surface area is 77.7 Å². The molecule has 0 aromatic rings. The third-order valence-corrected chi connectivity index (χ3v) is 1.93. The summed E-state index contributed by atoms with van der Waals surface area (Å²) in [5.74, 6) is -1.76. The standard InChI is InChI=1S/C6H10F3NO2S/c7-6(8,9)4-13-3-5(12)10-1-2-11/h11H,1-4H2,(H,10,12). The quantitative estimate of drug-likeness (QED) is 0.700. The molecule has 0 aliphatic carbocycles. The molecule has 3 nitrogen and oxygen atoms in total. The molecule has 78 valence electrons. The van der Waals surface area contributed by atoms with Crippen molar-refractivity contribution in [2.45, 2.75) is 6.18 Å². The van der Waals surface area contributed by atoms with E-state index in [-0.39, 0.29) is 18.9 Å². The molecule has 0 unspecified atom stereocenters. The van der Waals surface area contributed by atoms with Crippen molar-refractivity contribution in [3.8, 4) is 0 Å². The van der Waals surface area contributed by atoms with Gasteiger partial charge in [0.25, 0.3) is 0 Å². The van der Waals surface area contributed by atoms with E-state index in [1.807, 2.05) is 0 Å². The average molecular weight is 217 g/mol. The van der Waals surface area contributed by atoms with E-state index in [9.17, 15) is 18.0 Å². The Morgan fingerprint density at radius 1 is 1.46 bits per heavy atom. The van der Waals surface area contributed by atoms with Gasteiger partial charge in [-0.15, -0.1) is 11.8 Å². The fourth-order valence-electron chi connectivity index (χ4n) is 0.506. The van der Waals surface area contributed by atoms with E-state index >= 15 is 0 Å². The zero-order chi connectivity index (χ0) is 10.3. The molecule has 0 saturated carbocycles. The van der Waals surface area contributed by atoms with Crippen molar-refractivity contribution in [1.82, 2.24) is 5.32 Å². The molecule has 0 aromatic heterocycles. The molecular formula is C6H10F3NO2S. The van der Waals surface area contributed by atoms with Gasteiger partial charge in [-0.05, 0) is 0 Å². The topological polar surface area (TPSA) is 49.3 Å². The Morgan fingerprint density at radius 2 is 2.08 bits per heavy atom. The van der Waals surface area contributed by atoms with Gasteiger partial charge in [-0.2, -0.15) is 13.2 Å². The fraction of sp³-hybridized carbons (Fsp3) is 0.833. The lowest BCUT2D eigenvalue weighted by atomic mass is 10.6. The zero-order valence-corrected chi connectivity index (χ0v) is 7.54. The highest BCUT2D eigenvalue weighted by Crippen LogP contribution is 2.20. The van der Waals surface area contributed by atoms with Crippen molar-refractivity contribution in [3.05, 3.63) is 0 Å². The highest BCUT2D eigenvalue weighted by atomic mass is 32.2. The van der Waals surface area contributed by atoms with Crippen LogP contribution in [0.1, 0.15) is 0 Å². The number of halogens is 3. The van der Waals surface area contributed by atoms with Gasteiger partial charge in [0.1, 0.15) is 0 Å². The summed E-state index contributed by atoms with van der Waals surface area (Å²) in [6.07, 6.45) is -4.23. The molecule has 0 spiro atoms. The minimum absolute atomic E-state index is 0.0748. The van der Waals surface area contributed by atoms with E-state index < -0.39 is 17.8 Å². The summed E-state index contributed by atoms with van der Waals surface area (Å²) < 4.78 is 34.7. The molecule has 0 rings (SSSR count). The lowest BCUT2D eigenvalue weighted by Gasteiger charge is -2.05. The normalized spacial score (nSPS) is 11.4. The maximum absolute atomic E-state index is 11.6. The fourth-order valence-corrected chi connectivity index (χ4v) is 1.13. The maximum Gasteiger partial charge on any atom is 0.397 e. The molecule has 1 amide bonds. The van der Waals surface area contributed by atoms with Crippen LogP contribution in [0.4, 0.5) is 13.2 Å². The number of hydrogen-bond donors (Lipinski definition) is 2. The zero-order valence-electron chi connectivity index (χ0n) is 6.73. The van der Waals surface area contributed by atoms with Crippen LogP contribution in [-0.2, 0) is 4.79 Å². The van der Waals surface area contributed by atoms with Crippen molar-refractivity contribution in [2.75, 3.05) is 24.7 Å². The smallest absolute Gasteiger partial charge is 0.395 e. The van der Waals surface area contributed by atoms with Crippen molar-refractivity contribution in [1.29, 1.82) is 0 Å². The first-order chi connectivity index (χ1) is 5.95. The van der Waals surface area contributed by atoms with Crippen molar-refractivity contribution < 1.29 is 23.1 Å². The Bertz CT molecular complexity index is 162. The molecule has 13 heavy (non-hydrogen) atoms. The largest absolute Gasteiger partial charge is 0.397 e. The summed E-state index contributed by atoms with van der Waals surface area (Å²) in [5.41, 5.74) is 0. The second kappa shape index (κ2) is 6.09. The van der Waals surface area contributed by atoms with Gasteiger partial charge >= 0.3 is 6.18 Å². The predicted molar refractivity (Wildman–Crippen MR) is 43.5 cm³/mol. The number of carbonyl (C=O) groups is 1. The molecule has 0 bridgehead atoms. The van der Waals surface area contributed by atoms with E-state index in [1.54, 1.807) is 0 Å². The monoisotopic (exact) mass is 217 g/mol. The van der Waals surface area contributed by atoms with Gasteiger partial charge in [0.2, 0.25) is 5.91 Å². The van der Waals surface area contributed by atoms with Crippen LogP contribution < -0.4 is 5.32 Å². The van der Waals surface area contributed by atoms with Gasteiger partial charge in [0, 0.05) is 6.54 Å². The number of amides is 1. The Hall–Kier alpha value is -0.430. The molecule has 0 aliphatic heterocycles. The van der Waals surface area contributed by atoms with Crippen molar-refractivity contribution in [3.63, 3.8) is 0 Å². The van der Waals surface area contributed by atoms with Crippen LogP contribution in [0.3, 0.4) is 0 Å². The summed E-state index contributed by atoms with van der Waals surface area (Å²) in [7, 11) is 0. The second-order valence-corrected chi connectivity index (χ2v) is 3.17. The number of rotatable bonds is 5. The number of carbonyl (C=O) groups excluding carboxylic acids is 1. The second-order valence-electron chi connectivity index (χ2n) is 2.18. The summed E-state index contributed by atoms with van der Waals surface area (Å²) in [6, 6.07) is 0. The molecule has 0 aromatic carbocycles. The third-order valence-electron chi connectivity index (χ3n) is 0.933.